The number of fused-ring (bicyclic) bond motifs is 1. The molecule has 12 heteroatoms. The van der Waals surface area contributed by atoms with Crippen LogP contribution in [0.5, 0.6) is 0 Å². The second-order valence-electron chi connectivity index (χ2n) is 6.44. The fraction of sp³-hybridized carbons (Fsp3) is 0.333. The molecule has 0 radical (unpaired) electrons. The molecule has 0 unspecified atom stereocenters. The third kappa shape index (κ3) is 4.02. The standard InChI is InChI=1S/C18H17N3O6S3/c1-2-26-17(23)14-10-5-3-6-11(10)29-16(14)19-13(22)9-30(24,25)18-21-20-15(27-18)12-7-4-8-28-12/h4,7-8H,2-3,5-6,9H2,1H3,(H,19,22). The van der Waals surface area contributed by atoms with E-state index in [1.165, 1.54) is 22.7 Å². The molecule has 30 heavy (non-hydrogen) atoms. The van der Waals surface area contributed by atoms with Crippen molar-refractivity contribution in [2.24, 2.45) is 0 Å². The van der Waals surface area contributed by atoms with Gasteiger partial charge in [-0.1, -0.05) is 11.2 Å². The Hall–Kier alpha value is -2.57. The number of ether oxygens (including phenoxy) is 1. The number of nitrogens with zero attached hydrogens (tertiary/aromatic N) is 2. The minimum Gasteiger partial charge on any atom is -0.462 e. The van der Waals surface area contributed by atoms with Gasteiger partial charge in [0.1, 0.15) is 10.8 Å². The van der Waals surface area contributed by atoms with Gasteiger partial charge in [-0.2, -0.15) is 0 Å². The first kappa shape index (κ1) is 20.7. The molecule has 1 aliphatic carbocycles. The fourth-order valence-corrected chi connectivity index (χ4v) is 5.99. The number of carbonyl (C=O) groups is 2. The zero-order valence-electron chi connectivity index (χ0n) is 15.8. The van der Waals surface area contributed by atoms with E-state index in [0.29, 0.717) is 15.4 Å². The van der Waals surface area contributed by atoms with Crippen LogP contribution >= 0.6 is 22.7 Å². The third-order valence-electron chi connectivity index (χ3n) is 4.38. The maximum Gasteiger partial charge on any atom is 0.341 e. The van der Waals surface area contributed by atoms with Gasteiger partial charge in [-0.05, 0) is 43.2 Å². The molecule has 3 aromatic heterocycles. The lowest BCUT2D eigenvalue weighted by atomic mass is 10.1. The van der Waals surface area contributed by atoms with Crippen LogP contribution in [0, 0.1) is 0 Å². The van der Waals surface area contributed by atoms with E-state index in [-0.39, 0.29) is 12.5 Å². The molecule has 4 rings (SSSR count). The highest BCUT2D eigenvalue weighted by atomic mass is 32.2. The van der Waals surface area contributed by atoms with Crippen LogP contribution < -0.4 is 5.32 Å². The second-order valence-corrected chi connectivity index (χ2v) is 10.4. The first-order chi connectivity index (χ1) is 14.4. The normalized spacial score (nSPS) is 13.2. The zero-order valence-corrected chi connectivity index (χ0v) is 18.3. The zero-order chi connectivity index (χ0) is 21.3. The van der Waals surface area contributed by atoms with Crippen LogP contribution in [-0.4, -0.2) is 42.9 Å². The Labute approximate surface area is 180 Å². The molecular formula is C18H17N3O6S3. The summed E-state index contributed by atoms with van der Waals surface area (Å²) in [5, 5.41) is 11.3. The number of esters is 1. The number of hydrogen-bond donors (Lipinski definition) is 1. The molecule has 3 heterocycles. The molecule has 158 valence electrons. The number of anilines is 1. The number of thiophene rings is 2. The molecule has 0 bridgehead atoms. The summed E-state index contributed by atoms with van der Waals surface area (Å²) in [6.45, 7) is 1.90. The van der Waals surface area contributed by atoms with Crippen molar-refractivity contribution in [1.82, 2.24) is 10.2 Å². The number of sulfone groups is 1. The SMILES string of the molecule is CCOC(=O)c1c(NC(=O)CS(=O)(=O)c2nnc(-c3cccs3)o2)sc2c1CCC2. The van der Waals surface area contributed by atoms with Crippen LogP contribution in [0.4, 0.5) is 5.00 Å². The Morgan fingerprint density at radius 3 is 2.87 bits per heavy atom. The molecule has 0 saturated heterocycles. The van der Waals surface area contributed by atoms with Gasteiger partial charge in [0, 0.05) is 4.88 Å². The van der Waals surface area contributed by atoms with Crippen molar-refractivity contribution in [3.8, 4) is 10.8 Å². The molecule has 0 saturated carbocycles. The van der Waals surface area contributed by atoms with Gasteiger partial charge >= 0.3 is 11.2 Å². The highest BCUT2D eigenvalue weighted by Crippen LogP contribution is 2.39. The van der Waals surface area contributed by atoms with Gasteiger partial charge in [-0.3, -0.25) is 4.79 Å². The van der Waals surface area contributed by atoms with E-state index in [2.05, 4.69) is 15.5 Å². The van der Waals surface area contributed by atoms with Gasteiger partial charge in [0.15, 0.2) is 0 Å². The summed E-state index contributed by atoms with van der Waals surface area (Å²) in [5.74, 6) is -2.13. The van der Waals surface area contributed by atoms with Gasteiger partial charge in [0.05, 0.1) is 17.0 Å². The van der Waals surface area contributed by atoms with Crippen LogP contribution in [0.15, 0.2) is 27.2 Å². The maximum atomic E-state index is 12.5. The quantitative estimate of drug-likeness (QED) is 0.525. The number of amides is 1. The Morgan fingerprint density at radius 1 is 1.30 bits per heavy atom. The molecule has 3 aromatic rings. The predicted molar refractivity (Wildman–Crippen MR) is 111 cm³/mol. The smallest absolute Gasteiger partial charge is 0.341 e. The number of hydrogen-bond acceptors (Lipinski definition) is 10. The van der Waals surface area contributed by atoms with Crippen molar-refractivity contribution >= 4 is 49.4 Å². The van der Waals surface area contributed by atoms with Gasteiger partial charge in [-0.25, -0.2) is 13.2 Å². The van der Waals surface area contributed by atoms with E-state index in [9.17, 15) is 18.0 Å². The van der Waals surface area contributed by atoms with Crippen LogP contribution in [0.1, 0.15) is 34.1 Å². The molecule has 0 fully saturated rings. The molecule has 0 spiro atoms. The average Bonchev–Trinajstić information content (AvgIpc) is 3.44. The Balaban J connectivity index is 1.52. The molecule has 1 N–H and O–H groups in total. The molecule has 0 aromatic carbocycles. The topological polar surface area (TPSA) is 128 Å². The number of aryl methyl sites for hydroxylation is 1. The van der Waals surface area contributed by atoms with E-state index in [1.807, 2.05) is 0 Å². The van der Waals surface area contributed by atoms with Crippen molar-refractivity contribution < 1.29 is 27.2 Å². The van der Waals surface area contributed by atoms with Crippen LogP contribution in [-0.2, 0) is 32.2 Å². The van der Waals surface area contributed by atoms with Crippen LogP contribution in [0.2, 0.25) is 0 Å². The van der Waals surface area contributed by atoms with Crippen LogP contribution in [0.25, 0.3) is 10.8 Å². The maximum absolute atomic E-state index is 12.5. The number of nitrogens with one attached hydrogen (secondary N) is 1. The minimum atomic E-state index is -4.15. The summed E-state index contributed by atoms with van der Waals surface area (Å²) in [6.07, 6.45) is 2.47. The predicted octanol–water partition coefficient (Wildman–Crippen LogP) is 2.94. The summed E-state index contributed by atoms with van der Waals surface area (Å²) in [7, 11) is -4.15. The van der Waals surface area contributed by atoms with Gasteiger partial charge < -0.3 is 14.5 Å². The lowest BCUT2D eigenvalue weighted by Crippen LogP contribution is -2.24. The summed E-state index contributed by atoms with van der Waals surface area (Å²) < 4.78 is 35.4. The Kier molecular flexibility index (Phi) is 5.71. The number of aromatic nitrogens is 2. The molecular weight excluding hydrogens is 450 g/mol. The van der Waals surface area contributed by atoms with Crippen molar-refractivity contribution in [3.05, 3.63) is 33.5 Å². The van der Waals surface area contributed by atoms with E-state index in [4.69, 9.17) is 9.15 Å². The highest BCUT2D eigenvalue weighted by molar-refractivity contribution is 7.91. The second kappa shape index (κ2) is 8.28. The van der Waals surface area contributed by atoms with Crippen molar-refractivity contribution in [1.29, 1.82) is 0 Å². The van der Waals surface area contributed by atoms with Crippen molar-refractivity contribution in [3.63, 3.8) is 0 Å². The van der Waals surface area contributed by atoms with Crippen LogP contribution in [0.3, 0.4) is 0 Å². The highest BCUT2D eigenvalue weighted by Gasteiger charge is 2.31. The van der Waals surface area contributed by atoms with E-state index < -0.39 is 32.7 Å². The summed E-state index contributed by atoms with van der Waals surface area (Å²) in [6, 6.07) is 3.49. The Bertz CT molecular complexity index is 1190. The summed E-state index contributed by atoms with van der Waals surface area (Å²) >= 11 is 2.60. The van der Waals surface area contributed by atoms with Gasteiger partial charge in [-0.15, -0.1) is 27.8 Å². The third-order valence-corrected chi connectivity index (χ3v) is 7.78. The molecule has 0 aliphatic heterocycles. The first-order valence-electron chi connectivity index (χ1n) is 9.10. The lowest BCUT2D eigenvalue weighted by Gasteiger charge is -2.07. The van der Waals surface area contributed by atoms with E-state index in [1.54, 1.807) is 24.4 Å². The largest absolute Gasteiger partial charge is 0.462 e. The average molecular weight is 468 g/mol. The van der Waals surface area contributed by atoms with Crippen molar-refractivity contribution in [2.45, 2.75) is 31.4 Å². The van der Waals surface area contributed by atoms with Gasteiger partial charge in [0.2, 0.25) is 15.7 Å². The van der Waals surface area contributed by atoms with E-state index >= 15 is 0 Å². The number of carbonyl (C=O) groups excluding carboxylic acids is 2. The summed E-state index contributed by atoms with van der Waals surface area (Å²) in [5.41, 5.74) is 1.19. The molecule has 1 aliphatic rings. The monoisotopic (exact) mass is 467 g/mol. The Morgan fingerprint density at radius 2 is 2.13 bits per heavy atom. The van der Waals surface area contributed by atoms with E-state index in [0.717, 1.165) is 29.7 Å². The molecule has 9 nitrogen and oxygen atoms in total. The van der Waals surface area contributed by atoms with Gasteiger partial charge in [0.25, 0.3) is 5.89 Å². The summed E-state index contributed by atoms with van der Waals surface area (Å²) in [4.78, 5) is 26.5. The minimum absolute atomic E-state index is 0.0725. The lowest BCUT2D eigenvalue weighted by molar-refractivity contribution is -0.113. The molecule has 0 atom stereocenters. The first-order valence-corrected chi connectivity index (χ1v) is 12.5. The fourth-order valence-electron chi connectivity index (χ4n) is 3.14. The molecule has 1 amide bonds. The van der Waals surface area contributed by atoms with Crippen molar-refractivity contribution in [2.75, 3.05) is 17.7 Å². The number of rotatable bonds is 7.